The van der Waals surface area contributed by atoms with Crippen molar-refractivity contribution in [3.05, 3.63) is 143 Å². The summed E-state index contributed by atoms with van der Waals surface area (Å²) in [6.45, 7) is 3.29. The molecule has 1 heterocycles. The zero-order valence-electron chi connectivity index (χ0n) is 24.2. The maximum atomic E-state index is 12.5. The summed E-state index contributed by atoms with van der Waals surface area (Å²) in [5, 5.41) is 3.06. The van der Waals surface area contributed by atoms with Gasteiger partial charge < -0.3 is 10.2 Å². The Kier molecular flexibility index (Phi) is 10.7. The van der Waals surface area contributed by atoms with E-state index in [0.29, 0.717) is 0 Å². The lowest BCUT2D eigenvalue weighted by Gasteiger charge is -2.30. The van der Waals surface area contributed by atoms with Crippen LogP contribution < -0.4 is 5.32 Å². The molecule has 0 radical (unpaired) electrons. The van der Waals surface area contributed by atoms with Crippen molar-refractivity contribution in [2.45, 2.75) is 24.2 Å². The van der Waals surface area contributed by atoms with Crippen LogP contribution in [-0.4, -0.2) is 36.2 Å². The van der Waals surface area contributed by atoms with Gasteiger partial charge in [-0.1, -0.05) is 109 Å². The standard InChI is InChI=1S/C38H36N2OS.ClH/c41-37(22-19-29-11-2-1-3-12-29)39-35-17-8-9-18-36(35)42-28-10-25-40-26-23-32(24-27-40)38-33-15-6-4-13-30(33)20-21-31-14-5-7-16-34(31)38;/h1-9,11-22H,10,23-28H2,(H,39,41);1H. The zero-order chi connectivity index (χ0) is 28.6. The summed E-state index contributed by atoms with van der Waals surface area (Å²) >= 11 is 1.82. The summed E-state index contributed by atoms with van der Waals surface area (Å²) in [5.41, 5.74) is 10.2. The fraction of sp³-hybridized carbons (Fsp3) is 0.184. The lowest BCUT2D eigenvalue weighted by molar-refractivity contribution is -0.111. The molecule has 1 saturated heterocycles. The number of anilines is 1. The van der Waals surface area contributed by atoms with E-state index in [9.17, 15) is 4.79 Å². The number of nitrogens with zero attached hydrogens (tertiary/aromatic N) is 1. The quantitative estimate of drug-likeness (QED) is 0.109. The van der Waals surface area contributed by atoms with Gasteiger partial charge in [0.05, 0.1) is 5.69 Å². The molecular formula is C38H37ClN2OS. The number of nitrogens with one attached hydrogen (secondary N) is 1. The number of likely N-dealkylation sites (tertiary alicyclic amines) is 1. The Morgan fingerprint density at radius 1 is 0.767 bits per heavy atom. The SMILES string of the molecule is Cl.O=C(C=Cc1ccccc1)Nc1ccccc1SCCCN1CCC(=C2c3ccccc3C=Cc3ccccc32)CC1. The highest BCUT2D eigenvalue weighted by Crippen LogP contribution is 2.38. The molecule has 0 saturated carbocycles. The monoisotopic (exact) mass is 604 g/mol. The first-order chi connectivity index (χ1) is 20.7. The Hall–Kier alpha value is -3.83. The van der Waals surface area contributed by atoms with Gasteiger partial charge in [0.25, 0.3) is 0 Å². The number of thioether (sulfide) groups is 1. The zero-order valence-corrected chi connectivity index (χ0v) is 25.9. The molecule has 1 fully saturated rings. The van der Waals surface area contributed by atoms with Crippen molar-refractivity contribution in [3.8, 4) is 0 Å². The average molecular weight is 605 g/mol. The minimum atomic E-state index is -0.111. The van der Waals surface area contributed by atoms with Gasteiger partial charge in [-0.2, -0.15) is 0 Å². The molecule has 1 N–H and O–H groups in total. The predicted octanol–water partition coefficient (Wildman–Crippen LogP) is 9.32. The maximum Gasteiger partial charge on any atom is 0.248 e. The maximum absolute atomic E-state index is 12.5. The Morgan fingerprint density at radius 2 is 1.37 bits per heavy atom. The van der Waals surface area contributed by atoms with E-state index in [4.69, 9.17) is 0 Å². The van der Waals surface area contributed by atoms with Crippen LogP contribution in [0.5, 0.6) is 0 Å². The van der Waals surface area contributed by atoms with Crippen LogP contribution in [0.3, 0.4) is 0 Å². The highest BCUT2D eigenvalue weighted by molar-refractivity contribution is 7.99. The average Bonchev–Trinajstić information content (AvgIpc) is 3.21. The van der Waals surface area contributed by atoms with Crippen molar-refractivity contribution < 1.29 is 4.79 Å². The van der Waals surface area contributed by atoms with Crippen LogP contribution in [0.25, 0.3) is 23.8 Å². The molecule has 1 aliphatic heterocycles. The summed E-state index contributed by atoms with van der Waals surface area (Å²) in [5.74, 6) is 0.906. The molecule has 6 rings (SSSR count). The second-order valence-electron chi connectivity index (χ2n) is 10.8. The summed E-state index contributed by atoms with van der Waals surface area (Å²) in [6, 6.07) is 35.6. The van der Waals surface area contributed by atoms with Crippen molar-refractivity contribution in [1.82, 2.24) is 4.90 Å². The fourth-order valence-corrected chi connectivity index (χ4v) is 6.76. The van der Waals surface area contributed by atoms with Gasteiger partial charge in [0.15, 0.2) is 0 Å². The molecular weight excluding hydrogens is 568 g/mol. The van der Waals surface area contributed by atoms with Gasteiger partial charge in [-0.05, 0) is 83.2 Å². The number of rotatable bonds is 8. The molecule has 3 nitrogen and oxygen atoms in total. The number of benzene rings is 4. The molecule has 0 atom stereocenters. The Bertz CT molecular complexity index is 1580. The molecule has 4 aromatic carbocycles. The Labute approximate surface area is 265 Å². The van der Waals surface area contributed by atoms with Gasteiger partial charge >= 0.3 is 0 Å². The van der Waals surface area contributed by atoms with Crippen molar-refractivity contribution in [2.75, 3.05) is 30.7 Å². The number of fused-ring (bicyclic) bond motifs is 2. The van der Waals surface area contributed by atoms with Gasteiger partial charge in [-0.3, -0.25) is 4.79 Å². The number of para-hydroxylation sites is 1. The van der Waals surface area contributed by atoms with Gasteiger partial charge in [0, 0.05) is 24.1 Å². The molecule has 1 amide bonds. The number of carbonyl (C=O) groups excluding carboxylic acids is 1. The van der Waals surface area contributed by atoms with Crippen molar-refractivity contribution in [3.63, 3.8) is 0 Å². The largest absolute Gasteiger partial charge is 0.321 e. The van der Waals surface area contributed by atoms with E-state index in [1.807, 2.05) is 66.4 Å². The molecule has 4 aromatic rings. The van der Waals surface area contributed by atoms with Gasteiger partial charge in [0.1, 0.15) is 0 Å². The number of halogens is 1. The molecule has 0 spiro atoms. The molecule has 5 heteroatoms. The van der Waals surface area contributed by atoms with Gasteiger partial charge in [-0.15, -0.1) is 24.2 Å². The van der Waals surface area contributed by atoms with Crippen LogP contribution in [0.2, 0.25) is 0 Å². The first-order valence-corrected chi connectivity index (χ1v) is 15.8. The van der Waals surface area contributed by atoms with Gasteiger partial charge in [-0.25, -0.2) is 0 Å². The minimum Gasteiger partial charge on any atom is -0.321 e. The number of amides is 1. The summed E-state index contributed by atoms with van der Waals surface area (Å²) in [4.78, 5) is 16.3. The van der Waals surface area contributed by atoms with Crippen LogP contribution in [0, 0.1) is 0 Å². The molecule has 0 unspecified atom stereocenters. The number of hydrogen-bond acceptors (Lipinski definition) is 3. The number of piperidine rings is 1. The third-order valence-electron chi connectivity index (χ3n) is 7.96. The highest BCUT2D eigenvalue weighted by Gasteiger charge is 2.22. The molecule has 0 bridgehead atoms. The second kappa shape index (κ2) is 15.1. The third-order valence-corrected chi connectivity index (χ3v) is 9.12. The van der Waals surface area contributed by atoms with Crippen molar-refractivity contribution in [2.24, 2.45) is 0 Å². The molecule has 2 aliphatic rings. The van der Waals surface area contributed by atoms with E-state index in [2.05, 4.69) is 77.0 Å². The first kappa shape index (κ1) is 30.6. The van der Waals surface area contributed by atoms with E-state index in [0.717, 1.165) is 60.8 Å². The van der Waals surface area contributed by atoms with Crippen LogP contribution in [0.4, 0.5) is 5.69 Å². The third kappa shape index (κ3) is 7.77. The molecule has 0 aromatic heterocycles. The minimum absolute atomic E-state index is 0. The van der Waals surface area contributed by atoms with Crippen LogP contribution in [-0.2, 0) is 4.79 Å². The van der Waals surface area contributed by atoms with Crippen LogP contribution >= 0.6 is 24.2 Å². The normalized spacial score (nSPS) is 14.5. The molecule has 43 heavy (non-hydrogen) atoms. The summed E-state index contributed by atoms with van der Waals surface area (Å²) in [7, 11) is 0. The highest BCUT2D eigenvalue weighted by atomic mass is 35.5. The Balaban J connectivity index is 0.00000368. The van der Waals surface area contributed by atoms with Crippen molar-refractivity contribution >= 4 is 59.6 Å². The number of carbonyl (C=O) groups is 1. The van der Waals surface area contributed by atoms with E-state index >= 15 is 0 Å². The summed E-state index contributed by atoms with van der Waals surface area (Å²) in [6.07, 6.45) is 11.3. The topological polar surface area (TPSA) is 32.3 Å². The van der Waals surface area contributed by atoms with E-state index in [1.54, 1.807) is 11.6 Å². The van der Waals surface area contributed by atoms with Crippen LogP contribution in [0.1, 0.15) is 47.1 Å². The molecule has 218 valence electrons. The molecule has 1 aliphatic carbocycles. The summed E-state index contributed by atoms with van der Waals surface area (Å²) < 4.78 is 0. The van der Waals surface area contributed by atoms with Crippen molar-refractivity contribution in [1.29, 1.82) is 0 Å². The Morgan fingerprint density at radius 3 is 2.07 bits per heavy atom. The second-order valence-corrected chi connectivity index (χ2v) is 11.9. The van der Waals surface area contributed by atoms with Crippen LogP contribution in [0.15, 0.2) is 120 Å². The predicted molar refractivity (Wildman–Crippen MR) is 187 cm³/mol. The first-order valence-electron chi connectivity index (χ1n) is 14.8. The van der Waals surface area contributed by atoms with E-state index in [1.165, 1.54) is 27.8 Å². The lowest BCUT2D eigenvalue weighted by atomic mass is 9.86. The van der Waals surface area contributed by atoms with E-state index in [-0.39, 0.29) is 18.3 Å². The van der Waals surface area contributed by atoms with E-state index < -0.39 is 0 Å². The fourth-order valence-electron chi connectivity index (χ4n) is 5.82. The van der Waals surface area contributed by atoms with Gasteiger partial charge in [0.2, 0.25) is 5.91 Å². The smallest absolute Gasteiger partial charge is 0.248 e. The lowest BCUT2D eigenvalue weighted by Crippen LogP contribution is -2.32. The number of hydrogen-bond donors (Lipinski definition) is 1.